The van der Waals surface area contributed by atoms with Gasteiger partial charge in [0, 0.05) is 16.6 Å². The molecule has 0 spiro atoms. The highest BCUT2D eigenvalue weighted by Crippen LogP contribution is 2.14. The molecule has 2 unspecified atom stereocenters. The molecular weight excluding hydrogens is 248 g/mol. The summed E-state index contributed by atoms with van der Waals surface area (Å²) in [6.45, 7) is 3.97. The van der Waals surface area contributed by atoms with Gasteiger partial charge in [0.2, 0.25) is 0 Å². The molecule has 0 amide bonds. The average molecular weight is 268 g/mol. The Hall–Kier alpha value is -1.16. The van der Waals surface area contributed by atoms with Crippen molar-refractivity contribution in [3.05, 3.63) is 35.4 Å². The van der Waals surface area contributed by atoms with Crippen molar-refractivity contribution >= 4 is 16.8 Å². The maximum absolute atomic E-state index is 12.1. The van der Waals surface area contributed by atoms with Crippen LogP contribution >= 0.6 is 0 Å². The van der Waals surface area contributed by atoms with Crippen LogP contribution in [0.15, 0.2) is 24.3 Å². The molecule has 1 rings (SSSR count). The van der Waals surface area contributed by atoms with Crippen LogP contribution < -0.4 is 0 Å². The molecule has 0 aromatic heterocycles. The third kappa shape index (κ3) is 4.61. The first-order valence-corrected chi connectivity index (χ1v) is 7.58. The minimum Gasteiger partial charge on any atom is -0.480 e. The van der Waals surface area contributed by atoms with Crippen LogP contribution in [0.4, 0.5) is 0 Å². The Morgan fingerprint density at radius 2 is 2.17 bits per heavy atom. The van der Waals surface area contributed by atoms with Crippen molar-refractivity contribution in [2.24, 2.45) is 0 Å². The van der Waals surface area contributed by atoms with Crippen molar-refractivity contribution in [1.29, 1.82) is 0 Å². The van der Waals surface area contributed by atoms with Crippen LogP contribution in [0.2, 0.25) is 0 Å². The van der Waals surface area contributed by atoms with E-state index in [1.165, 1.54) is 0 Å². The summed E-state index contributed by atoms with van der Waals surface area (Å²) < 4.78 is 12.1. The summed E-state index contributed by atoms with van der Waals surface area (Å²) in [5, 5.41) is 8.36. The van der Waals surface area contributed by atoms with Crippen molar-refractivity contribution < 1.29 is 14.1 Å². The smallest absolute Gasteiger partial charge is 0.319 e. The summed E-state index contributed by atoms with van der Waals surface area (Å²) >= 11 is 0. The van der Waals surface area contributed by atoms with E-state index in [1.807, 2.05) is 38.1 Å². The third-order valence-corrected chi connectivity index (χ3v) is 4.49. The number of aliphatic carboxylic acids is 1. The molecule has 3 nitrogen and oxygen atoms in total. The van der Waals surface area contributed by atoms with E-state index in [0.717, 1.165) is 24.0 Å². The zero-order chi connectivity index (χ0) is 13.5. The van der Waals surface area contributed by atoms with Crippen LogP contribution in [0.5, 0.6) is 0 Å². The monoisotopic (exact) mass is 268 g/mol. The van der Waals surface area contributed by atoms with Gasteiger partial charge in [-0.2, -0.15) is 0 Å². The van der Waals surface area contributed by atoms with Crippen molar-refractivity contribution in [3.63, 3.8) is 0 Å². The maximum atomic E-state index is 12.1. The highest BCUT2D eigenvalue weighted by atomic mass is 32.2. The van der Waals surface area contributed by atoms with Gasteiger partial charge in [0.1, 0.15) is 5.25 Å². The van der Waals surface area contributed by atoms with Gasteiger partial charge in [0.05, 0.1) is 0 Å². The summed E-state index contributed by atoms with van der Waals surface area (Å²) in [4.78, 5) is 11.1. The van der Waals surface area contributed by atoms with Gasteiger partial charge in [-0.25, -0.2) is 0 Å². The molecule has 1 aromatic carbocycles. The summed E-state index contributed by atoms with van der Waals surface area (Å²) in [5.74, 6) is -0.628. The Morgan fingerprint density at radius 3 is 2.72 bits per heavy atom. The molecule has 0 aliphatic rings. The number of carbonyl (C=O) groups is 1. The Morgan fingerprint density at radius 1 is 1.44 bits per heavy atom. The predicted molar refractivity (Wildman–Crippen MR) is 74.0 cm³/mol. The normalized spacial score (nSPS) is 14.1. The molecule has 0 saturated heterocycles. The van der Waals surface area contributed by atoms with Gasteiger partial charge >= 0.3 is 5.97 Å². The second-order valence-electron chi connectivity index (χ2n) is 4.48. The number of unbranched alkanes of at least 4 members (excludes halogenated alkanes) is 1. The first-order valence-electron chi connectivity index (χ1n) is 6.20. The number of benzene rings is 1. The minimum atomic E-state index is -1.35. The van der Waals surface area contributed by atoms with E-state index in [9.17, 15) is 9.00 Å². The number of hydrogen-bond acceptors (Lipinski definition) is 2. The SMILES string of the molecule is CCCCC(C(=O)O)S(=O)Cc1cccc(C)c1. The number of aryl methyl sites for hydroxylation is 1. The lowest BCUT2D eigenvalue weighted by atomic mass is 10.2. The summed E-state index contributed by atoms with van der Waals surface area (Å²) in [5.41, 5.74) is 2.04. The molecule has 1 aromatic rings. The second kappa shape index (κ2) is 7.31. The van der Waals surface area contributed by atoms with Gasteiger partial charge in [-0.1, -0.05) is 49.6 Å². The minimum absolute atomic E-state index is 0.322. The van der Waals surface area contributed by atoms with Crippen LogP contribution in [0.25, 0.3) is 0 Å². The standard InChI is InChI=1S/C14H20O3S/c1-3-4-8-13(14(15)16)18(17)10-12-7-5-6-11(2)9-12/h5-7,9,13H,3-4,8,10H2,1-2H3,(H,15,16). The van der Waals surface area contributed by atoms with Gasteiger partial charge in [0.15, 0.2) is 0 Å². The van der Waals surface area contributed by atoms with E-state index in [4.69, 9.17) is 5.11 Å². The molecule has 4 heteroatoms. The molecule has 0 heterocycles. The van der Waals surface area contributed by atoms with Crippen LogP contribution in [0, 0.1) is 6.92 Å². The number of carboxylic acids is 1. The molecule has 2 atom stereocenters. The van der Waals surface area contributed by atoms with Gasteiger partial charge in [0.25, 0.3) is 0 Å². The Balaban J connectivity index is 2.69. The maximum Gasteiger partial charge on any atom is 0.319 e. The molecule has 0 aliphatic carbocycles. The summed E-state index contributed by atoms with van der Waals surface area (Å²) in [7, 11) is -1.35. The second-order valence-corrected chi connectivity index (χ2v) is 6.10. The van der Waals surface area contributed by atoms with Crippen LogP contribution in [0.1, 0.15) is 37.3 Å². The highest BCUT2D eigenvalue weighted by molar-refractivity contribution is 7.85. The van der Waals surface area contributed by atoms with Crippen molar-refractivity contribution in [2.45, 2.75) is 44.1 Å². The molecule has 100 valence electrons. The Bertz CT molecular complexity index is 429. The van der Waals surface area contributed by atoms with Crippen molar-refractivity contribution in [1.82, 2.24) is 0 Å². The molecule has 0 bridgehead atoms. The Kier molecular flexibility index (Phi) is 6.05. The van der Waals surface area contributed by atoms with Crippen LogP contribution in [-0.4, -0.2) is 20.5 Å². The average Bonchev–Trinajstić information content (AvgIpc) is 2.29. The van der Waals surface area contributed by atoms with Gasteiger partial charge in [-0.3, -0.25) is 9.00 Å². The highest BCUT2D eigenvalue weighted by Gasteiger charge is 2.23. The molecule has 18 heavy (non-hydrogen) atoms. The van der Waals surface area contributed by atoms with Gasteiger partial charge in [-0.05, 0) is 18.9 Å². The summed E-state index contributed by atoms with van der Waals surface area (Å²) in [6, 6.07) is 7.72. The Labute approximate surface area is 111 Å². The fourth-order valence-electron chi connectivity index (χ4n) is 1.82. The predicted octanol–water partition coefficient (Wildman–Crippen LogP) is 2.89. The summed E-state index contributed by atoms with van der Waals surface area (Å²) in [6.07, 6.45) is 2.21. The van der Waals surface area contributed by atoms with E-state index < -0.39 is 22.0 Å². The fraction of sp³-hybridized carbons (Fsp3) is 0.500. The van der Waals surface area contributed by atoms with E-state index in [-0.39, 0.29) is 0 Å². The topological polar surface area (TPSA) is 54.4 Å². The quantitative estimate of drug-likeness (QED) is 0.827. The molecule has 0 aliphatic heterocycles. The van der Waals surface area contributed by atoms with E-state index >= 15 is 0 Å². The zero-order valence-electron chi connectivity index (χ0n) is 10.9. The fourth-order valence-corrected chi connectivity index (χ4v) is 3.19. The van der Waals surface area contributed by atoms with Crippen LogP contribution in [-0.2, 0) is 21.3 Å². The number of hydrogen-bond donors (Lipinski definition) is 1. The molecule has 0 fully saturated rings. The number of rotatable bonds is 7. The molecule has 0 radical (unpaired) electrons. The van der Waals surface area contributed by atoms with Gasteiger partial charge < -0.3 is 5.11 Å². The largest absolute Gasteiger partial charge is 0.480 e. The molecular formula is C14H20O3S. The third-order valence-electron chi connectivity index (χ3n) is 2.80. The van der Waals surface area contributed by atoms with Crippen LogP contribution in [0.3, 0.4) is 0 Å². The molecule has 1 N–H and O–H groups in total. The lowest BCUT2D eigenvalue weighted by Crippen LogP contribution is -2.26. The molecule has 0 saturated carbocycles. The lowest BCUT2D eigenvalue weighted by Gasteiger charge is -2.12. The zero-order valence-corrected chi connectivity index (χ0v) is 11.7. The number of carboxylic acid groups (broad SMARTS) is 1. The van der Waals surface area contributed by atoms with Crippen molar-refractivity contribution in [3.8, 4) is 0 Å². The first kappa shape index (κ1) is 14.9. The van der Waals surface area contributed by atoms with E-state index in [2.05, 4.69) is 0 Å². The van der Waals surface area contributed by atoms with Crippen molar-refractivity contribution in [2.75, 3.05) is 0 Å². The lowest BCUT2D eigenvalue weighted by molar-refractivity contribution is -0.136. The van der Waals surface area contributed by atoms with E-state index in [1.54, 1.807) is 0 Å². The first-order chi connectivity index (χ1) is 8.54. The van der Waals surface area contributed by atoms with Gasteiger partial charge in [-0.15, -0.1) is 0 Å². The van der Waals surface area contributed by atoms with E-state index in [0.29, 0.717) is 12.2 Å².